The highest BCUT2D eigenvalue weighted by Gasteiger charge is 2.08. The van der Waals surface area contributed by atoms with Crippen molar-refractivity contribution in [3.63, 3.8) is 0 Å². The molecule has 1 N–H and O–H groups in total. The van der Waals surface area contributed by atoms with Crippen molar-refractivity contribution >= 4 is 17.2 Å². The number of thiophene rings is 1. The van der Waals surface area contributed by atoms with Crippen LogP contribution in [-0.4, -0.2) is 17.0 Å². The summed E-state index contributed by atoms with van der Waals surface area (Å²) in [6, 6.07) is 2.04. The van der Waals surface area contributed by atoms with E-state index in [-0.39, 0.29) is 0 Å². The van der Waals surface area contributed by atoms with E-state index in [1.165, 1.54) is 0 Å². The van der Waals surface area contributed by atoms with E-state index in [1.54, 1.807) is 11.3 Å². The predicted molar refractivity (Wildman–Crippen MR) is 64.4 cm³/mol. The van der Waals surface area contributed by atoms with Gasteiger partial charge in [-0.3, -0.25) is 0 Å². The molecule has 0 bridgehead atoms. The minimum Gasteiger partial charge on any atom is -0.373 e. The molecule has 78 valence electrons. The van der Waals surface area contributed by atoms with Crippen molar-refractivity contribution in [2.45, 2.75) is 13.8 Å². The molecule has 0 radical (unpaired) electrons. The van der Waals surface area contributed by atoms with Crippen molar-refractivity contribution in [1.29, 1.82) is 0 Å². The minimum atomic E-state index is 0.795. The number of rotatable bonds is 2. The molecule has 2 rings (SSSR count). The molecule has 0 aliphatic carbocycles. The van der Waals surface area contributed by atoms with Gasteiger partial charge in [0.2, 0.25) is 0 Å². The Bertz CT molecular complexity index is 463. The van der Waals surface area contributed by atoms with E-state index < -0.39 is 0 Å². The number of aromatic nitrogens is 2. The van der Waals surface area contributed by atoms with E-state index in [0.29, 0.717) is 0 Å². The third-order valence-electron chi connectivity index (χ3n) is 2.41. The van der Waals surface area contributed by atoms with Crippen LogP contribution in [0.25, 0.3) is 11.4 Å². The molecule has 0 unspecified atom stereocenters. The molecule has 15 heavy (non-hydrogen) atoms. The molecule has 0 fully saturated rings. The van der Waals surface area contributed by atoms with Gasteiger partial charge in [0, 0.05) is 29.2 Å². The summed E-state index contributed by atoms with van der Waals surface area (Å²) in [4.78, 5) is 8.96. The van der Waals surface area contributed by atoms with Crippen molar-refractivity contribution in [1.82, 2.24) is 9.97 Å². The van der Waals surface area contributed by atoms with Gasteiger partial charge in [-0.1, -0.05) is 0 Å². The molecule has 3 nitrogen and oxygen atoms in total. The monoisotopic (exact) mass is 219 g/mol. The van der Waals surface area contributed by atoms with Gasteiger partial charge in [-0.05, 0) is 25.3 Å². The van der Waals surface area contributed by atoms with E-state index in [2.05, 4.69) is 20.7 Å². The van der Waals surface area contributed by atoms with E-state index in [4.69, 9.17) is 0 Å². The molecular formula is C11H13N3S. The van der Waals surface area contributed by atoms with Crippen LogP contribution in [0.15, 0.2) is 16.8 Å². The van der Waals surface area contributed by atoms with E-state index in [0.717, 1.165) is 28.5 Å². The van der Waals surface area contributed by atoms with Gasteiger partial charge < -0.3 is 5.32 Å². The van der Waals surface area contributed by atoms with E-state index in [1.807, 2.05) is 32.3 Å². The second-order valence-electron chi connectivity index (χ2n) is 3.37. The summed E-state index contributed by atoms with van der Waals surface area (Å²) in [6.07, 6.45) is 0. The molecule has 4 heteroatoms. The lowest BCUT2D eigenvalue weighted by atomic mass is 10.2. The lowest BCUT2D eigenvalue weighted by Gasteiger charge is -2.08. The van der Waals surface area contributed by atoms with Crippen LogP contribution >= 0.6 is 11.3 Å². The minimum absolute atomic E-state index is 0.795. The smallest absolute Gasteiger partial charge is 0.162 e. The zero-order valence-corrected chi connectivity index (χ0v) is 9.85. The number of aryl methyl sites for hydroxylation is 1. The molecule has 2 aromatic heterocycles. The molecular weight excluding hydrogens is 206 g/mol. The highest BCUT2D eigenvalue weighted by Crippen LogP contribution is 2.22. The van der Waals surface area contributed by atoms with Gasteiger partial charge in [0.05, 0.1) is 0 Å². The van der Waals surface area contributed by atoms with Gasteiger partial charge in [0.25, 0.3) is 0 Å². The zero-order valence-electron chi connectivity index (χ0n) is 9.03. The molecule has 0 amide bonds. The SMILES string of the molecule is CNc1nc(-c2ccsc2)nc(C)c1C. The van der Waals surface area contributed by atoms with Crippen LogP contribution < -0.4 is 5.32 Å². The second-order valence-corrected chi connectivity index (χ2v) is 4.15. The Morgan fingerprint density at radius 2 is 2.07 bits per heavy atom. The highest BCUT2D eigenvalue weighted by atomic mass is 32.1. The molecule has 0 spiro atoms. The molecule has 0 saturated heterocycles. The van der Waals surface area contributed by atoms with Crippen molar-refractivity contribution in [3.05, 3.63) is 28.1 Å². The van der Waals surface area contributed by atoms with Gasteiger partial charge in [0.1, 0.15) is 5.82 Å². The van der Waals surface area contributed by atoms with Crippen molar-refractivity contribution < 1.29 is 0 Å². The summed E-state index contributed by atoms with van der Waals surface area (Å²) in [5, 5.41) is 7.18. The molecule has 0 aliphatic heterocycles. The fraction of sp³-hybridized carbons (Fsp3) is 0.273. The second kappa shape index (κ2) is 3.98. The van der Waals surface area contributed by atoms with Crippen LogP contribution in [0.4, 0.5) is 5.82 Å². The number of anilines is 1. The Kier molecular flexibility index (Phi) is 2.68. The Hall–Kier alpha value is -1.42. The third-order valence-corrected chi connectivity index (χ3v) is 3.09. The van der Waals surface area contributed by atoms with Crippen molar-refractivity contribution in [2.24, 2.45) is 0 Å². The number of hydrogen-bond acceptors (Lipinski definition) is 4. The van der Waals surface area contributed by atoms with Crippen molar-refractivity contribution in [3.8, 4) is 11.4 Å². The van der Waals surface area contributed by atoms with Crippen LogP contribution in [0.1, 0.15) is 11.3 Å². The van der Waals surface area contributed by atoms with Crippen LogP contribution in [0.3, 0.4) is 0 Å². The number of nitrogens with zero attached hydrogens (tertiary/aromatic N) is 2. The normalized spacial score (nSPS) is 10.3. The first kappa shape index (κ1) is 10.1. The fourth-order valence-corrected chi connectivity index (χ4v) is 2.03. The standard InChI is InChI=1S/C11H13N3S/c1-7-8(2)13-11(14-10(7)12-3)9-4-5-15-6-9/h4-6H,1-3H3,(H,12,13,14). The first-order valence-corrected chi connectivity index (χ1v) is 5.72. The molecule has 0 aromatic carbocycles. The quantitative estimate of drug-likeness (QED) is 0.844. The first-order valence-electron chi connectivity index (χ1n) is 4.78. The van der Waals surface area contributed by atoms with Gasteiger partial charge in [0.15, 0.2) is 5.82 Å². The van der Waals surface area contributed by atoms with Gasteiger partial charge in [-0.15, -0.1) is 0 Å². The largest absolute Gasteiger partial charge is 0.373 e. The summed E-state index contributed by atoms with van der Waals surface area (Å²) in [5.74, 6) is 1.70. The summed E-state index contributed by atoms with van der Waals surface area (Å²) in [7, 11) is 1.88. The van der Waals surface area contributed by atoms with E-state index >= 15 is 0 Å². The molecule has 0 saturated carbocycles. The van der Waals surface area contributed by atoms with Crippen LogP contribution in [0.5, 0.6) is 0 Å². The Morgan fingerprint density at radius 3 is 2.67 bits per heavy atom. The summed E-state index contributed by atoms with van der Waals surface area (Å²) in [6.45, 7) is 4.03. The fourth-order valence-electron chi connectivity index (χ4n) is 1.39. The van der Waals surface area contributed by atoms with Crippen LogP contribution in [0.2, 0.25) is 0 Å². The Balaban J connectivity index is 2.55. The summed E-state index contributed by atoms with van der Waals surface area (Å²) >= 11 is 1.66. The maximum absolute atomic E-state index is 4.48. The average molecular weight is 219 g/mol. The molecule has 0 aliphatic rings. The maximum atomic E-state index is 4.48. The summed E-state index contributed by atoms with van der Waals surface area (Å²) < 4.78 is 0. The third kappa shape index (κ3) is 1.85. The maximum Gasteiger partial charge on any atom is 0.162 e. The van der Waals surface area contributed by atoms with Gasteiger partial charge >= 0.3 is 0 Å². The van der Waals surface area contributed by atoms with Crippen LogP contribution in [-0.2, 0) is 0 Å². The molecule has 0 atom stereocenters. The highest BCUT2D eigenvalue weighted by molar-refractivity contribution is 7.08. The lowest BCUT2D eigenvalue weighted by molar-refractivity contribution is 1.07. The van der Waals surface area contributed by atoms with Crippen LogP contribution in [0, 0.1) is 13.8 Å². The topological polar surface area (TPSA) is 37.8 Å². The van der Waals surface area contributed by atoms with Gasteiger partial charge in [-0.2, -0.15) is 11.3 Å². The lowest BCUT2D eigenvalue weighted by Crippen LogP contribution is -2.02. The number of hydrogen-bond donors (Lipinski definition) is 1. The average Bonchev–Trinajstić information content (AvgIpc) is 2.75. The predicted octanol–water partition coefficient (Wildman–Crippen LogP) is 2.86. The Labute approximate surface area is 93.2 Å². The van der Waals surface area contributed by atoms with Gasteiger partial charge in [-0.25, -0.2) is 9.97 Å². The summed E-state index contributed by atoms with van der Waals surface area (Å²) in [5.41, 5.74) is 3.21. The van der Waals surface area contributed by atoms with Crippen molar-refractivity contribution in [2.75, 3.05) is 12.4 Å². The van der Waals surface area contributed by atoms with E-state index in [9.17, 15) is 0 Å². The first-order chi connectivity index (χ1) is 7.22. The number of nitrogens with one attached hydrogen (secondary N) is 1. The molecule has 2 aromatic rings. The molecule has 2 heterocycles. The zero-order chi connectivity index (χ0) is 10.8. The Morgan fingerprint density at radius 1 is 1.27 bits per heavy atom.